The molecule has 0 saturated carbocycles. The summed E-state index contributed by atoms with van der Waals surface area (Å²) in [5, 5.41) is 3.73. The van der Waals surface area contributed by atoms with Gasteiger partial charge in [-0.3, -0.25) is 10.1 Å². The van der Waals surface area contributed by atoms with E-state index in [2.05, 4.69) is 0 Å². The van der Waals surface area contributed by atoms with Crippen LogP contribution in [0.2, 0.25) is 0 Å². The van der Waals surface area contributed by atoms with Crippen molar-refractivity contribution in [2.24, 2.45) is 5.73 Å². The molecule has 1 aromatic heterocycles. The lowest BCUT2D eigenvalue weighted by Gasteiger charge is -2.13. The number of imide groups is 1. The van der Waals surface area contributed by atoms with E-state index in [0.29, 0.717) is 10.5 Å². The molecule has 0 unspecified atom stereocenters. The Labute approximate surface area is 149 Å². The lowest BCUT2D eigenvalue weighted by Crippen LogP contribution is -2.42. The van der Waals surface area contributed by atoms with Crippen molar-refractivity contribution in [1.29, 1.82) is 0 Å². The molecular weight excluding hydrogens is 340 g/mol. The molecule has 1 aromatic carbocycles. The predicted octanol–water partition coefficient (Wildman–Crippen LogP) is 2.72. The zero-order chi connectivity index (χ0) is 18.4. The van der Waals surface area contributed by atoms with Crippen molar-refractivity contribution < 1.29 is 19.1 Å². The molecule has 25 heavy (non-hydrogen) atoms. The number of benzene rings is 1. The molecule has 0 aliphatic heterocycles. The molecule has 0 spiro atoms. The minimum Gasteiger partial charge on any atom is -0.449 e. The molecule has 130 valence electrons. The van der Waals surface area contributed by atoms with Crippen LogP contribution in [-0.4, -0.2) is 24.0 Å². The molecule has 6 nitrogen and oxygen atoms in total. The molecule has 1 heterocycles. The van der Waals surface area contributed by atoms with Gasteiger partial charge in [0.05, 0.1) is 5.57 Å². The summed E-state index contributed by atoms with van der Waals surface area (Å²) in [6.07, 6.45) is 0.556. The van der Waals surface area contributed by atoms with E-state index in [0.717, 1.165) is 11.1 Å². The van der Waals surface area contributed by atoms with E-state index in [-0.39, 0.29) is 0 Å². The second kappa shape index (κ2) is 8.25. The Balaban J connectivity index is 2.26. The van der Waals surface area contributed by atoms with Crippen LogP contribution in [0.4, 0.5) is 4.79 Å². The van der Waals surface area contributed by atoms with E-state index in [1.54, 1.807) is 12.1 Å². The number of urea groups is 1. The second-order valence-electron chi connectivity index (χ2n) is 5.35. The SMILES string of the molecule is Cc1cccc(/C=C(/C(=O)O[C@@H](C)C(=O)NC(N)=O)c2cccs2)c1. The monoisotopic (exact) mass is 358 g/mol. The number of nitrogens with two attached hydrogens (primary N) is 1. The van der Waals surface area contributed by atoms with Crippen LogP contribution in [0.5, 0.6) is 0 Å². The largest absolute Gasteiger partial charge is 0.449 e. The van der Waals surface area contributed by atoms with E-state index in [1.165, 1.54) is 18.3 Å². The van der Waals surface area contributed by atoms with E-state index >= 15 is 0 Å². The quantitative estimate of drug-likeness (QED) is 0.634. The van der Waals surface area contributed by atoms with Crippen molar-refractivity contribution in [2.45, 2.75) is 20.0 Å². The number of carbonyl (C=O) groups is 3. The highest BCUT2D eigenvalue weighted by Gasteiger charge is 2.22. The van der Waals surface area contributed by atoms with Gasteiger partial charge in [-0.1, -0.05) is 35.9 Å². The Kier molecular flexibility index (Phi) is 6.08. The minimum atomic E-state index is -1.15. The molecule has 7 heteroatoms. The van der Waals surface area contributed by atoms with Crippen LogP contribution in [0.3, 0.4) is 0 Å². The molecule has 0 radical (unpaired) electrons. The molecule has 2 aromatic rings. The Morgan fingerprint density at radius 3 is 2.60 bits per heavy atom. The van der Waals surface area contributed by atoms with Crippen molar-refractivity contribution >= 4 is 40.9 Å². The summed E-state index contributed by atoms with van der Waals surface area (Å²) >= 11 is 1.39. The normalized spacial score (nSPS) is 12.3. The zero-order valence-corrected chi connectivity index (χ0v) is 14.6. The molecule has 3 N–H and O–H groups in total. The van der Waals surface area contributed by atoms with Gasteiger partial charge in [-0.25, -0.2) is 9.59 Å². The lowest BCUT2D eigenvalue weighted by atomic mass is 10.1. The van der Waals surface area contributed by atoms with Crippen molar-refractivity contribution in [1.82, 2.24) is 5.32 Å². The van der Waals surface area contributed by atoms with Gasteiger partial charge >= 0.3 is 12.0 Å². The first kappa shape index (κ1) is 18.4. The summed E-state index contributed by atoms with van der Waals surface area (Å²) in [4.78, 5) is 35.7. The standard InChI is InChI=1S/C18H18N2O4S/c1-11-5-3-6-13(9-11)10-14(15-7-4-8-25-15)17(22)24-12(2)16(21)20-18(19)23/h3-10,12H,1-2H3,(H3,19,20,21,23)/b14-10+/t12-/m0/s1. The van der Waals surface area contributed by atoms with Gasteiger partial charge < -0.3 is 10.5 Å². The first-order valence-electron chi connectivity index (χ1n) is 7.50. The van der Waals surface area contributed by atoms with Crippen molar-refractivity contribution in [3.05, 3.63) is 57.8 Å². The maximum Gasteiger partial charge on any atom is 0.340 e. The van der Waals surface area contributed by atoms with Gasteiger partial charge in [0.2, 0.25) is 0 Å². The minimum absolute atomic E-state index is 0.333. The smallest absolute Gasteiger partial charge is 0.340 e. The van der Waals surface area contributed by atoms with Crippen LogP contribution in [0.15, 0.2) is 41.8 Å². The molecule has 0 aliphatic carbocycles. The Morgan fingerprint density at radius 2 is 2.00 bits per heavy atom. The molecule has 0 saturated heterocycles. The lowest BCUT2D eigenvalue weighted by molar-refractivity contribution is -0.148. The number of amides is 3. The topological polar surface area (TPSA) is 98.5 Å². The number of hydrogen-bond acceptors (Lipinski definition) is 5. The number of rotatable bonds is 5. The summed E-state index contributed by atoms with van der Waals surface area (Å²) < 4.78 is 5.18. The highest BCUT2D eigenvalue weighted by Crippen LogP contribution is 2.25. The fourth-order valence-corrected chi connectivity index (χ4v) is 2.82. The van der Waals surface area contributed by atoms with Gasteiger partial charge in [-0.05, 0) is 36.9 Å². The van der Waals surface area contributed by atoms with Crippen molar-refractivity contribution in [3.63, 3.8) is 0 Å². The molecule has 0 aliphatic rings. The van der Waals surface area contributed by atoms with Crippen molar-refractivity contribution in [3.8, 4) is 0 Å². The third-order valence-corrected chi connectivity index (χ3v) is 4.16. The fourth-order valence-electron chi connectivity index (χ4n) is 2.09. The summed E-state index contributed by atoms with van der Waals surface area (Å²) in [7, 11) is 0. The number of thiophene rings is 1. The number of ether oxygens (including phenoxy) is 1. The average molecular weight is 358 g/mol. The average Bonchev–Trinajstić information content (AvgIpc) is 3.05. The predicted molar refractivity (Wildman–Crippen MR) is 96.6 cm³/mol. The van der Waals surface area contributed by atoms with Gasteiger partial charge in [0.1, 0.15) is 0 Å². The van der Waals surface area contributed by atoms with Gasteiger partial charge in [-0.2, -0.15) is 0 Å². The van der Waals surface area contributed by atoms with Crippen LogP contribution in [0, 0.1) is 6.92 Å². The molecule has 0 fully saturated rings. The van der Waals surface area contributed by atoms with E-state index in [4.69, 9.17) is 10.5 Å². The second-order valence-corrected chi connectivity index (χ2v) is 6.30. The number of esters is 1. The summed E-state index contributed by atoms with van der Waals surface area (Å²) in [5.41, 5.74) is 7.13. The summed E-state index contributed by atoms with van der Waals surface area (Å²) in [6.45, 7) is 3.32. The zero-order valence-electron chi connectivity index (χ0n) is 13.8. The van der Waals surface area contributed by atoms with E-state index in [9.17, 15) is 14.4 Å². The van der Waals surface area contributed by atoms with Gasteiger partial charge in [0, 0.05) is 4.88 Å². The first-order valence-corrected chi connectivity index (χ1v) is 8.38. The number of hydrogen-bond donors (Lipinski definition) is 2. The molecule has 0 bridgehead atoms. The van der Waals surface area contributed by atoms with Gasteiger partial charge in [0.15, 0.2) is 6.10 Å². The highest BCUT2D eigenvalue weighted by molar-refractivity contribution is 7.11. The Morgan fingerprint density at radius 1 is 1.24 bits per heavy atom. The summed E-state index contributed by atoms with van der Waals surface area (Å²) in [6, 6.07) is 10.3. The third-order valence-electron chi connectivity index (χ3n) is 3.26. The van der Waals surface area contributed by atoms with Crippen LogP contribution in [0.25, 0.3) is 11.6 Å². The van der Waals surface area contributed by atoms with Crippen molar-refractivity contribution in [2.75, 3.05) is 0 Å². The molecular formula is C18H18N2O4S. The number of aryl methyl sites for hydroxylation is 1. The van der Waals surface area contributed by atoms with Gasteiger partial charge in [-0.15, -0.1) is 11.3 Å². The number of nitrogens with one attached hydrogen (secondary N) is 1. The maximum absolute atomic E-state index is 12.6. The number of primary amides is 1. The van der Waals surface area contributed by atoms with Crippen LogP contribution in [-0.2, 0) is 14.3 Å². The number of carbonyl (C=O) groups excluding carboxylic acids is 3. The Bertz CT molecular complexity index is 812. The van der Waals surface area contributed by atoms with Crippen LogP contribution in [0.1, 0.15) is 22.9 Å². The van der Waals surface area contributed by atoms with Gasteiger partial charge in [0.25, 0.3) is 5.91 Å². The highest BCUT2D eigenvalue weighted by atomic mass is 32.1. The Hall–Kier alpha value is -2.93. The first-order chi connectivity index (χ1) is 11.9. The molecule has 2 rings (SSSR count). The maximum atomic E-state index is 12.6. The fraction of sp³-hybridized carbons (Fsp3) is 0.167. The summed E-state index contributed by atoms with van der Waals surface area (Å²) in [5.74, 6) is -1.43. The van der Waals surface area contributed by atoms with E-state index in [1.807, 2.05) is 48.0 Å². The molecule has 1 atom stereocenters. The van der Waals surface area contributed by atoms with E-state index < -0.39 is 24.0 Å². The van der Waals surface area contributed by atoms with Crippen LogP contribution < -0.4 is 11.1 Å². The molecule has 3 amide bonds. The third kappa shape index (κ3) is 5.29. The van der Waals surface area contributed by atoms with Crippen LogP contribution >= 0.6 is 11.3 Å².